The first-order valence-electron chi connectivity index (χ1n) is 4.49. The maximum atomic E-state index is 8.90. The molecule has 2 rings (SSSR count). The third kappa shape index (κ3) is 2.08. The summed E-state index contributed by atoms with van der Waals surface area (Å²) in [7, 11) is 0. The van der Waals surface area contributed by atoms with Crippen LogP contribution >= 0.6 is 15.9 Å². The summed E-state index contributed by atoms with van der Waals surface area (Å²) in [6.07, 6.45) is 1.72. The number of aryl methyl sites for hydroxylation is 1. The molecule has 0 aliphatic carbocycles. The highest BCUT2D eigenvalue weighted by atomic mass is 79.9. The molecule has 0 aliphatic heterocycles. The molecule has 0 fully saturated rings. The van der Waals surface area contributed by atoms with Crippen LogP contribution in [0.2, 0.25) is 0 Å². The first-order valence-corrected chi connectivity index (χ1v) is 5.28. The van der Waals surface area contributed by atoms with E-state index in [0.717, 1.165) is 15.7 Å². The Morgan fingerprint density at radius 1 is 1.47 bits per heavy atom. The molecule has 0 saturated carbocycles. The van der Waals surface area contributed by atoms with E-state index in [2.05, 4.69) is 26.2 Å². The standard InChI is InChI=1S/C10H10BrN3O/c1-7-2-3-8(11)4-10(7)14-5-9(6-15)12-13-14/h2-5,15H,6H2,1H3. The van der Waals surface area contributed by atoms with E-state index in [0.29, 0.717) is 5.69 Å². The van der Waals surface area contributed by atoms with Crippen LogP contribution in [0.15, 0.2) is 28.9 Å². The van der Waals surface area contributed by atoms with Crippen LogP contribution in [-0.2, 0) is 6.61 Å². The predicted molar refractivity (Wildman–Crippen MR) is 59.7 cm³/mol. The highest BCUT2D eigenvalue weighted by Crippen LogP contribution is 2.19. The Hall–Kier alpha value is -1.20. The van der Waals surface area contributed by atoms with Gasteiger partial charge >= 0.3 is 0 Å². The van der Waals surface area contributed by atoms with Crippen molar-refractivity contribution in [2.24, 2.45) is 0 Å². The Balaban J connectivity index is 2.48. The van der Waals surface area contributed by atoms with Gasteiger partial charge in [0.2, 0.25) is 0 Å². The number of halogens is 1. The van der Waals surface area contributed by atoms with E-state index in [1.807, 2.05) is 25.1 Å². The molecule has 2 aromatic rings. The van der Waals surface area contributed by atoms with Gasteiger partial charge in [0.05, 0.1) is 18.5 Å². The number of hydrogen-bond acceptors (Lipinski definition) is 3. The summed E-state index contributed by atoms with van der Waals surface area (Å²) in [5, 5.41) is 16.7. The molecule has 1 N–H and O–H groups in total. The first kappa shape index (κ1) is 10.3. The third-order valence-corrected chi connectivity index (χ3v) is 2.61. The molecule has 1 aromatic heterocycles. The van der Waals surface area contributed by atoms with Crippen molar-refractivity contribution in [1.82, 2.24) is 15.0 Å². The van der Waals surface area contributed by atoms with Gasteiger partial charge in [-0.15, -0.1) is 5.10 Å². The minimum atomic E-state index is -0.0902. The van der Waals surface area contributed by atoms with Crippen molar-refractivity contribution in [2.45, 2.75) is 13.5 Å². The summed E-state index contributed by atoms with van der Waals surface area (Å²) >= 11 is 3.41. The van der Waals surface area contributed by atoms with E-state index >= 15 is 0 Å². The maximum absolute atomic E-state index is 8.90. The van der Waals surface area contributed by atoms with Gasteiger partial charge in [0, 0.05) is 4.47 Å². The van der Waals surface area contributed by atoms with Gasteiger partial charge in [0.1, 0.15) is 5.69 Å². The fourth-order valence-electron chi connectivity index (χ4n) is 1.32. The summed E-state index contributed by atoms with van der Waals surface area (Å²) in [6.45, 7) is 1.91. The van der Waals surface area contributed by atoms with Crippen LogP contribution in [0.3, 0.4) is 0 Å². The van der Waals surface area contributed by atoms with Crippen molar-refractivity contribution >= 4 is 15.9 Å². The summed E-state index contributed by atoms with van der Waals surface area (Å²) in [5.74, 6) is 0. The molecule has 0 saturated heterocycles. The van der Waals surface area contributed by atoms with Gasteiger partial charge < -0.3 is 5.11 Å². The molecule has 0 radical (unpaired) electrons. The number of nitrogens with zero attached hydrogens (tertiary/aromatic N) is 3. The van der Waals surface area contributed by atoms with Gasteiger partial charge in [-0.3, -0.25) is 0 Å². The molecule has 15 heavy (non-hydrogen) atoms. The SMILES string of the molecule is Cc1ccc(Br)cc1-n1cc(CO)nn1. The fraction of sp³-hybridized carbons (Fsp3) is 0.200. The van der Waals surface area contributed by atoms with E-state index in [4.69, 9.17) is 5.11 Å². The lowest BCUT2D eigenvalue weighted by molar-refractivity contribution is 0.276. The molecular formula is C10H10BrN3O. The van der Waals surface area contributed by atoms with E-state index in [-0.39, 0.29) is 6.61 Å². The molecule has 5 heteroatoms. The average Bonchev–Trinajstić information content (AvgIpc) is 2.70. The molecule has 0 bridgehead atoms. The highest BCUT2D eigenvalue weighted by Gasteiger charge is 2.05. The average molecular weight is 268 g/mol. The van der Waals surface area contributed by atoms with Crippen molar-refractivity contribution in [3.8, 4) is 5.69 Å². The summed E-state index contributed by atoms with van der Waals surface area (Å²) in [5.41, 5.74) is 2.62. The lowest BCUT2D eigenvalue weighted by atomic mass is 10.2. The lowest BCUT2D eigenvalue weighted by Gasteiger charge is -2.04. The molecule has 0 aliphatic rings. The quantitative estimate of drug-likeness (QED) is 0.904. The number of hydrogen-bond donors (Lipinski definition) is 1. The minimum Gasteiger partial charge on any atom is -0.390 e. The fourth-order valence-corrected chi connectivity index (χ4v) is 1.67. The summed E-state index contributed by atoms with van der Waals surface area (Å²) in [6, 6.07) is 5.94. The number of benzene rings is 1. The highest BCUT2D eigenvalue weighted by molar-refractivity contribution is 9.10. The van der Waals surface area contributed by atoms with Gasteiger partial charge in [-0.05, 0) is 24.6 Å². The van der Waals surface area contributed by atoms with E-state index in [9.17, 15) is 0 Å². The second kappa shape index (κ2) is 4.12. The lowest BCUT2D eigenvalue weighted by Crippen LogP contribution is -1.97. The Kier molecular flexibility index (Phi) is 2.83. The molecule has 0 spiro atoms. The molecule has 1 heterocycles. The van der Waals surface area contributed by atoms with E-state index < -0.39 is 0 Å². The van der Waals surface area contributed by atoms with Crippen LogP contribution in [0.25, 0.3) is 5.69 Å². The molecule has 78 valence electrons. The van der Waals surface area contributed by atoms with Crippen molar-refractivity contribution in [2.75, 3.05) is 0 Å². The predicted octanol–water partition coefficient (Wildman–Crippen LogP) is 1.83. The number of aromatic nitrogens is 3. The van der Waals surface area contributed by atoms with Crippen LogP contribution in [0.1, 0.15) is 11.3 Å². The van der Waals surface area contributed by atoms with Crippen LogP contribution in [0.4, 0.5) is 0 Å². The minimum absolute atomic E-state index is 0.0902. The van der Waals surface area contributed by atoms with Crippen molar-refractivity contribution in [3.63, 3.8) is 0 Å². The van der Waals surface area contributed by atoms with Crippen LogP contribution in [0.5, 0.6) is 0 Å². The molecule has 1 aromatic carbocycles. The monoisotopic (exact) mass is 267 g/mol. The molecule has 0 unspecified atom stereocenters. The normalized spacial score (nSPS) is 10.6. The second-order valence-corrected chi connectivity index (χ2v) is 4.16. The number of rotatable bonds is 2. The van der Waals surface area contributed by atoms with Crippen molar-refractivity contribution in [3.05, 3.63) is 40.1 Å². The molecule has 4 nitrogen and oxygen atoms in total. The maximum Gasteiger partial charge on any atom is 0.109 e. The van der Waals surface area contributed by atoms with Crippen molar-refractivity contribution in [1.29, 1.82) is 0 Å². The zero-order valence-electron chi connectivity index (χ0n) is 8.18. The number of aliphatic hydroxyl groups is 1. The Morgan fingerprint density at radius 2 is 2.27 bits per heavy atom. The first-order chi connectivity index (χ1) is 7.20. The van der Waals surface area contributed by atoms with Gasteiger partial charge in [-0.2, -0.15) is 0 Å². The molecule has 0 atom stereocenters. The van der Waals surface area contributed by atoms with Gasteiger partial charge in [-0.1, -0.05) is 27.2 Å². The smallest absolute Gasteiger partial charge is 0.109 e. The van der Waals surface area contributed by atoms with Crippen LogP contribution in [0, 0.1) is 6.92 Å². The topological polar surface area (TPSA) is 50.9 Å². The zero-order chi connectivity index (χ0) is 10.8. The summed E-state index contributed by atoms with van der Waals surface area (Å²) < 4.78 is 2.65. The van der Waals surface area contributed by atoms with Crippen LogP contribution < -0.4 is 0 Å². The Bertz CT molecular complexity index is 481. The Labute approximate surface area is 95.7 Å². The van der Waals surface area contributed by atoms with Crippen LogP contribution in [-0.4, -0.2) is 20.1 Å². The third-order valence-electron chi connectivity index (χ3n) is 2.12. The van der Waals surface area contributed by atoms with E-state index in [1.165, 1.54) is 0 Å². The molecule has 0 amide bonds. The Morgan fingerprint density at radius 3 is 2.93 bits per heavy atom. The number of aliphatic hydroxyl groups excluding tert-OH is 1. The second-order valence-electron chi connectivity index (χ2n) is 3.24. The molecular weight excluding hydrogens is 258 g/mol. The van der Waals surface area contributed by atoms with Gasteiger partial charge in [-0.25, -0.2) is 4.68 Å². The summed E-state index contributed by atoms with van der Waals surface area (Å²) in [4.78, 5) is 0. The largest absolute Gasteiger partial charge is 0.390 e. The van der Waals surface area contributed by atoms with Crippen molar-refractivity contribution < 1.29 is 5.11 Å². The zero-order valence-corrected chi connectivity index (χ0v) is 9.77. The van der Waals surface area contributed by atoms with Gasteiger partial charge in [0.15, 0.2) is 0 Å². The van der Waals surface area contributed by atoms with Gasteiger partial charge in [0.25, 0.3) is 0 Å². The van der Waals surface area contributed by atoms with E-state index in [1.54, 1.807) is 10.9 Å².